The van der Waals surface area contributed by atoms with Gasteiger partial charge in [-0.1, -0.05) is 24.3 Å². The zero-order valence-corrected chi connectivity index (χ0v) is 13.0. The Labute approximate surface area is 134 Å². The molecular weight excluding hydrogens is 286 g/mol. The Balaban J connectivity index is 1.66. The third-order valence-electron chi connectivity index (χ3n) is 5.36. The maximum atomic E-state index is 11.4. The number of fused-ring (bicyclic) bond motifs is 3. The maximum Gasteiger partial charge on any atom is 0.220 e. The molecule has 1 saturated heterocycles. The summed E-state index contributed by atoms with van der Waals surface area (Å²) in [6.07, 6.45) is 6.05. The van der Waals surface area contributed by atoms with Gasteiger partial charge in [-0.05, 0) is 47.6 Å². The molecule has 3 aromatic rings. The monoisotopic (exact) mass is 305 g/mol. The molecule has 0 spiro atoms. The molecule has 23 heavy (non-hydrogen) atoms. The molecule has 2 fully saturated rings. The van der Waals surface area contributed by atoms with E-state index in [0.29, 0.717) is 18.9 Å². The van der Waals surface area contributed by atoms with E-state index in [1.165, 1.54) is 40.1 Å². The van der Waals surface area contributed by atoms with Gasteiger partial charge in [-0.3, -0.25) is 4.79 Å². The van der Waals surface area contributed by atoms with E-state index in [0.717, 1.165) is 17.9 Å². The maximum absolute atomic E-state index is 11.4. The molecule has 3 heteroatoms. The third kappa shape index (κ3) is 2.14. The number of furan rings is 1. The molecule has 116 valence electrons. The van der Waals surface area contributed by atoms with Crippen molar-refractivity contribution in [2.75, 3.05) is 6.54 Å². The standard InChI is InChI=1S/C20H19NO2/c22-19-8-5-15(10-21-19)17-11-23-18-7-4-14-9-13(12-1-2-12)3-6-16(14)20(17)18/h3-4,6-7,9,11-12,15H,1-2,5,8,10H2,(H,21,22). The summed E-state index contributed by atoms with van der Waals surface area (Å²) in [5, 5.41) is 6.78. The van der Waals surface area contributed by atoms with Crippen molar-refractivity contribution in [3.05, 3.63) is 47.7 Å². The van der Waals surface area contributed by atoms with Crippen LogP contribution in [0.4, 0.5) is 0 Å². The van der Waals surface area contributed by atoms with Gasteiger partial charge >= 0.3 is 0 Å². The lowest BCUT2D eigenvalue weighted by Crippen LogP contribution is -2.33. The molecule has 0 radical (unpaired) electrons. The largest absolute Gasteiger partial charge is 0.464 e. The van der Waals surface area contributed by atoms with E-state index in [4.69, 9.17) is 4.42 Å². The van der Waals surface area contributed by atoms with Gasteiger partial charge in [0.15, 0.2) is 0 Å². The fraction of sp³-hybridized carbons (Fsp3) is 0.350. The summed E-state index contributed by atoms with van der Waals surface area (Å²) >= 11 is 0. The number of hydrogen-bond acceptors (Lipinski definition) is 2. The van der Waals surface area contributed by atoms with Crippen LogP contribution in [-0.4, -0.2) is 12.5 Å². The quantitative estimate of drug-likeness (QED) is 0.759. The predicted octanol–water partition coefficient (Wildman–Crippen LogP) is 4.46. The fourth-order valence-corrected chi connectivity index (χ4v) is 3.88. The number of nitrogens with one attached hydrogen (secondary N) is 1. The van der Waals surface area contributed by atoms with Gasteiger partial charge in [0.1, 0.15) is 5.58 Å². The minimum Gasteiger partial charge on any atom is -0.464 e. The number of piperidine rings is 1. The molecule has 0 bridgehead atoms. The summed E-state index contributed by atoms with van der Waals surface area (Å²) in [4.78, 5) is 11.4. The van der Waals surface area contributed by atoms with Crippen molar-refractivity contribution in [1.29, 1.82) is 0 Å². The molecule has 1 atom stereocenters. The van der Waals surface area contributed by atoms with Crippen LogP contribution in [0.15, 0.2) is 41.0 Å². The molecule has 2 heterocycles. The highest BCUT2D eigenvalue weighted by Crippen LogP contribution is 2.42. The van der Waals surface area contributed by atoms with E-state index < -0.39 is 0 Å². The Morgan fingerprint density at radius 3 is 2.74 bits per heavy atom. The number of benzene rings is 2. The van der Waals surface area contributed by atoms with Gasteiger partial charge in [0.05, 0.1) is 6.26 Å². The van der Waals surface area contributed by atoms with E-state index in [-0.39, 0.29) is 5.91 Å². The van der Waals surface area contributed by atoms with Gasteiger partial charge < -0.3 is 9.73 Å². The molecule has 2 aromatic carbocycles. The Kier molecular flexibility index (Phi) is 2.78. The van der Waals surface area contributed by atoms with Gasteiger partial charge in [0, 0.05) is 29.8 Å². The van der Waals surface area contributed by atoms with Crippen molar-refractivity contribution in [2.24, 2.45) is 0 Å². The highest BCUT2D eigenvalue weighted by Gasteiger charge is 2.25. The van der Waals surface area contributed by atoms with E-state index in [9.17, 15) is 4.79 Å². The Hall–Kier alpha value is -2.29. The van der Waals surface area contributed by atoms with E-state index in [1.807, 2.05) is 6.26 Å². The van der Waals surface area contributed by atoms with Gasteiger partial charge in [0.2, 0.25) is 5.91 Å². The fourth-order valence-electron chi connectivity index (χ4n) is 3.88. The summed E-state index contributed by atoms with van der Waals surface area (Å²) in [6.45, 7) is 0.712. The van der Waals surface area contributed by atoms with Crippen molar-refractivity contribution in [3.8, 4) is 0 Å². The minimum absolute atomic E-state index is 0.160. The predicted molar refractivity (Wildman–Crippen MR) is 90.7 cm³/mol. The van der Waals surface area contributed by atoms with Gasteiger partial charge in [-0.2, -0.15) is 0 Å². The average Bonchev–Trinajstić information content (AvgIpc) is 3.34. The molecule has 1 saturated carbocycles. The molecule has 1 aliphatic heterocycles. The number of carbonyl (C=O) groups excluding carboxylic acids is 1. The van der Waals surface area contributed by atoms with Crippen LogP contribution >= 0.6 is 0 Å². The number of rotatable bonds is 2. The zero-order valence-electron chi connectivity index (χ0n) is 13.0. The first kappa shape index (κ1) is 13.2. The molecule has 1 aliphatic carbocycles. The van der Waals surface area contributed by atoms with Crippen LogP contribution in [0.1, 0.15) is 48.6 Å². The second-order valence-electron chi connectivity index (χ2n) is 6.92. The van der Waals surface area contributed by atoms with Crippen LogP contribution in [0.5, 0.6) is 0 Å². The van der Waals surface area contributed by atoms with Crippen LogP contribution in [0.2, 0.25) is 0 Å². The molecular formula is C20H19NO2. The van der Waals surface area contributed by atoms with Crippen LogP contribution in [-0.2, 0) is 4.79 Å². The molecule has 1 unspecified atom stereocenters. The second kappa shape index (κ2) is 4.85. The minimum atomic E-state index is 0.160. The summed E-state index contributed by atoms with van der Waals surface area (Å²) < 4.78 is 5.81. The topological polar surface area (TPSA) is 42.2 Å². The SMILES string of the molecule is O=C1CCC(c2coc3ccc4cc(C5CC5)ccc4c23)CN1. The van der Waals surface area contributed by atoms with E-state index in [1.54, 1.807) is 0 Å². The first-order valence-corrected chi connectivity index (χ1v) is 8.50. The number of carbonyl (C=O) groups is 1. The smallest absolute Gasteiger partial charge is 0.220 e. The van der Waals surface area contributed by atoms with Crippen molar-refractivity contribution in [3.63, 3.8) is 0 Å². The molecule has 1 amide bonds. The molecule has 1 aromatic heterocycles. The van der Waals surface area contributed by atoms with Gasteiger partial charge in [-0.25, -0.2) is 0 Å². The summed E-state index contributed by atoms with van der Waals surface area (Å²) in [5.74, 6) is 1.28. The van der Waals surface area contributed by atoms with Crippen molar-refractivity contribution in [1.82, 2.24) is 5.32 Å². The average molecular weight is 305 g/mol. The van der Waals surface area contributed by atoms with E-state index >= 15 is 0 Å². The molecule has 1 N–H and O–H groups in total. The van der Waals surface area contributed by atoms with Gasteiger partial charge in [-0.15, -0.1) is 0 Å². The normalized spacial score (nSPS) is 21.7. The third-order valence-corrected chi connectivity index (χ3v) is 5.36. The van der Waals surface area contributed by atoms with Crippen LogP contribution < -0.4 is 5.32 Å². The summed E-state index contributed by atoms with van der Waals surface area (Å²) in [7, 11) is 0. The highest BCUT2D eigenvalue weighted by atomic mass is 16.3. The first-order chi connectivity index (χ1) is 11.3. The second-order valence-corrected chi connectivity index (χ2v) is 6.92. The van der Waals surface area contributed by atoms with E-state index in [2.05, 4.69) is 35.6 Å². The zero-order chi connectivity index (χ0) is 15.4. The Morgan fingerprint density at radius 2 is 1.96 bits per heavy atom. The highest BCUT2D eigenvalue weighted by molar-refractivity contribution is 6.08. The lowest BCUT2D eigenvalue weighted by atomic mass is 9.89. The number of hydrogen-bond donors (Lipinski definition) is 1. The van der Waals surface area contributed by atoms with Crippen molar-refractivity contribution < 1.29 is 9.21 Å². The summed E-state index contributed by atoms with van der Waals surface area (Å²) in [6, 6.07) is 11.1. The van der Waals surface area contributed by atoms with Crippen LogP contribution in [0.3, 0.4) is 0 Å². The Morgan fingerprint density at radius 1 is 1.04 bits per heavy atom. The lowest BCUT2D eigenvalue weighted by molar-refractivity contribution is -0.122. The summed E-state index contributed by atoms with van der Waals surface area (Å²) in [5.41, 5.74) is 3.65. The molecule has 5 rings (SSSR count). The number of amides is 1. The van der Waals surface area contributed by atoms with Crippen molar-refractivity contribution >= 4 is 27.6 Å². The van der Waals surface area contributed by atoms with Crippen LogP contribution in [0, 0.1) is 0 Å². The molecule has 2 aliphatic rings. The lowest BCUT2D eigenvalue weighted by Gasteiger charge is -2.21. The first-order valence-electron chi connectivity index (χ1n) is 8.50. The Bertz CT molecular complexity index is 910. The molecule has 3 nitrogen and oxygen atoms in total. The van der Waals surface area contributed by atoms with Gasteiger partial charge in [0.25, 0.3) is 0 Å². The van der Waals surface area contributed by atoms with Crippen molar-refractivity contribution in [2.45, 2.75) is 37.5 Å². The van der Waals surface area contributed by atoms with Crippen LogP contribution in [0.25, 0.3) is 21.7 Å².